The molecule has 0 saturated carbocycles. The summed E-state index contributed by atoms with van der Waals surface area (Å²) in [6.45, 7) is 5.07. The zero-order valence-electron chi connectivity index (χ0n) is 12.5. The van der Waals surface area contributed by atoms with E-state index in [1.165, 1.54) is 0 Å². The number of methoxy groups -OCH3 is 1. The Bertz CT molecular complexity index is 704. The predicted molar refractivity (Wildman–Crippen MR) is 87.9 cm³/mol. The van der Waals surface area contributed by atoms with Crippen LogP contribution in [0.3, 0.4) is 0 Å². The standard InChI is InChI=1S/C15H20BrN3O2/c1-4-7-18-13(9-21-3)14(17)15(20)19(18)12-6-5-11(16)8-10(12)2/h5-6,8H,4,7,9,17H2,1-3H3. The van der Waals surface area contributed by atoms with Crippen molar-refractivity contribution < 1.29 is 4.74 Å². The van der Waals surface area contributed by atoms with Gasteiger partial charge in [0.2, 0.25) is 0 Å². The summed E-state index contributed by atoms with van der Waals surface area (Å²) in [5.74, 6) is 0. The molecule has 114 valence electrons. The highest BCUT2D eigenvalue weighted by atomic mass is 79.9. The van der Waals surface area contributed by atoms with Crippen LogP contribution in [0.25, 0.3) is 5.69 Å². The summed E-state index contributed by atoms with van der Waals surface area (Å²) in [6, 6.07) is 5.82. The summed E-state index contributed by atoms with van der Waals surface area (Å²) in [5, 5.41) is 0. The lowest BCUT2D eigenvalue weighted by Gasteiger charge is -2.15. The molecule has 0 aliphatic rings. The highest BCUT2D eigenvalue weighted by Crippen LogP contribution is 2.21. The van der Waals surface area contributed by atoms with E-state index in [0.717, 1.165) is 27.8 Å². The van der Waals surface area contributed by atoms with Crippen molar-refractivity contribution >= 4 is 21.6 Å². The van der Waals surface area contributed by atoms with Crippen LogP contribution in [-0.2, 0) is 17.9 Å². The van der Waals surface area contributed by atoms with E-state index in [4.69, 9.17) is 10.5 Å². The van der Waals surface area contributed by atoms with Crippen LogP contribution in [0.5, 0.6) is 0 Å². The van der Waals surface area contributed by atoms with E-state index >= 15 is 0 Å². The second-order valence-corrected chi connectivity index (χ2v) is 5.88. The van der Waals surface area contributed by atoms with E-state index in [0.29, 0.717) is 13.2 Å². The number of aromatic nitrogens is 2. The topological polar surface area (TPSA) is 62.2 Å². The minimum absolute atomic E-state index is 0.194. The highest BCUT2D eigenvalue weighted by Gasteiger charge is 2.19. The van der Waals surface area contributed by atoms with Crippen LogP contribution >= 0.6 is 15.9 Å². The Morgan fingerprint density at radius 2 is 2.10 bits per heavy atom. The van der Waals surface area contributed by atoms with Crippen LogP contribution in [0, 0.1) is 6.92 Å². The minimum atomic E-state index is -0.194. The van der Waals surface area contributed by atoms with Gasteiger partial charge in [-0.2, -0.15) is 0 Å². The fraction of sp³-hybridized carbons (Fsp3) is 0.400. The van der Waals surface area contributed by atoms with Gasteiger partial charge < -0.3 is 10.5 Å². The zero-order valence-corrected chi connectivity index (χ0v) is 14.1. The molecule has 0 fully saturated rings. The number of halogens is 1. The Balaban J connectivity index is 2.72. The number of nitrogen functional groups attached to an aromatic ring is 1. The van der Waals surface area contributed by atoms with E-state index in [9.17, 15) is 4.79 Å². The molecule has 2 aromatic rings. The van der Waals surface area contributed by atoms with E-state index in [1.807, 2.05) is 29.8 Å². The van der Waals surface area contributed by atoms with E-state index < -0.39 is 0 Å². The monoisotopic (exact) mass is 353 g/mol. The number of anilines is 1. The van der Waals surface area contributed by atoms with Gasteiger partial charge in [-0.25, -0.2) is 4.68 Å². The summed E-state index contributed by atoms with van der Waals surface area (Å²) in [5.41, 5.74) is 8.63. The van der Waals surface area contributed by atoms with E-state index in [1.54, 1.807) is 11.8 Å². The maximum Gasteiger partial charge on any atom is 0.294 e. The Morgan fingerprint density at radius 3 is 2.67 bits per heavy atom. The Labute approximate surface area is 132 Å². The Kier molecular flexibility index (Phi) is 4.90. The molecule has 6 heteroatoms. The fourth-order valence-corrected chi connectivity index (χ4v) is 2.91. The molecular formula is C15H20BrN3O2. The van der Waals surface area contributed by atoms with Crippen molar-refractivity contribution in [3.63, 3.8) is 0 Å². The number of aryl methyl sites for hydroxylation is 1. The van der Waals surface area contributed by atoms with Crippen molar-refractivity contribution in [2.45, 2.75) is 33.4 Å². The number of benzene rings is 1. The first-order chi connectivity index (χ1) is 10.0. The van der Waals surface area contributed by atoms with Gasteiger partial charge in [0.05, 0.1) is 18.0 Å². The second-order valence-electron chi connectivity index (χ2n) is 4.96. The Hall–Kier alpha value is -1.53. The lowest BCUT2D eigenvalue weighted by molar-refractivity contribution is 0.176. The van der Waals surface area contributed by atoms with E-state index in [2.05, 4.69) is 22.9 Å². The molecule has 1 aromatic heterocycles. The molecule has 0 atom stereocenters. The maximum atomic E-state index is 12.5. The number of nitrogens with zero attached hydrogens (tertiary/aromatic N) is 2. The molecule has 0 bridgehead atoms. The molecule has 21 heavy (non-hydrogen) atoms. The average Bonchev–Trinajstić information content (AvgIpc) is 2.66. The molecule has 5 nitrogen and oxygen atoms in total. The largest absolute Gasteiger partial charge is 0.393 e. The molecule has 0 spiro atoms. The lowest BCUT2D eigenvalue weighted by atomic mass is 10.2. The molecule has 0 radical (unpaired) electrons. The molecule has 2 rings (SSSR count). The molecule has 0 unspecified atom stereocenters. The molecule has 0 aliphatic carbocycles. The quantitative estimate of drug-likeness (QED) is 0.898. The average molecular weight is 354 g/mol. The number of rotatable bonds is 5. The summed E-state index contributed by atoms with van der Waals surface area (Å²) >= 11 is 3.44. The Morgan fingerprint density at radius 1 is 1.38 bits per heavy atom. The first kappa shape index (κ1) is 15.9. The minimum Gasteiger partial charge on any atom is -0.393 e. The van der Waals surface area contributed by atoms with Gasteiger partial charge in [-0.3, -0.25) is 9.48 Å². The van der Waals surface area contributed by atoms with Gasteiger partial charge in [0.15, 0.2) is 0 Å². The second kappa shape index (κ2) is 6.49. The number of nitrogens with two attached hydrogens (primary N) is 1. The van der Waals surface area contributed by atoms with Gasteiger partial charge in [0, 0.05) is 18.1 Å². The first-order valence-electron chi connectivity index (χ1n) is 6.86. The number of ether oxygens (including phenoxy) is 1. The highest BCUT2D eigenvalue weighted by molar-refractivity contribution is 9.10. The van der Waals surface area contributed by atoms with E-state index in [-0.39, 0.29) is 11.2 Å². The maximum absolute atomic E-state index is 12.5. The van der Waals surface area contributed by atoms with Gasteiger partial charge >= 0.3 is 0 Å². The van der Waals surface area contributed by atoms with Crippen LogP contribution in [0.15, 0.2) is 27.5 Å². The predicted octanol–water partition coefficient (Wildman–Crippen LogP) is 2.85. The third kappa shape index (κ3) is 2.91. The third-order valence-corrected chi connectivity index (χ3v) is 3.88. The summed E-state index contributed by atoms with van der Waals surface area (Å²) in [6.07, 6.45) is 0.903. The van der Waals surface area contributed by atoms with Crippen LogP contribution in [0.4, 0.5) is 5.69 Å². The molecule has 0 aliphatic heterocycles. The van der Waals surface area contributed by atoms with Gasteiger partial charge in [-0.05, 0) is 37.1 Å². The third-order valence-electron chi connectivity index (χ3n) is 3.39. The van der Waals surface area contributed by atoms with Gasteiger partial charge in [-0.15, -0.1) is 0 Å². The smallest absolute Gasteiger partial charge is 0.294 e. The normalized spacial score (nSPS) is 11.0. The van der Waals surface area contributed by atoms with Crippen LogP contribution in [0.1, 0.15) is 24.6 Å². The van der Waals surface area contributed by atoms with Gasteiger partial charge in [0.25, 0.3) is 5.56 Å². The van der Waals surface area contributed by atoms with Crippen molar-refractivity contribution in [1.82, 2.24) is 9.36 Å². The summed E-state index contributed by atoms with van der Waals surface area (Å²) < 4.78 is 9.73. The van der Waals surface area contributed by atoms with Crippen molar-refractivity contribution in [3.8, 4) is 5.69 Å². The summed E-state index contributed by atoms with van der Waals surface area (Å²) in [7, 11) is 1.60. The SMILES string of the molecule is CCCn1c(COC)c(N)c(=O)n1-c1ccc(Br)cc1C. The van der Waals surface area contributed by atoms with Crippen molar-refractivity contribution in [2.24, 2.45) is 0 Å². The summed E-state index contributed by atoms with van der Waals surface area (Å²) in [4.78, 5) is 12.5. The van der Waals surface area contributed by atoms with Crippen molar-refractivity contribution in [2.75, 3.05) is 12.8 Å². The van der Waals surface area contributed by atoms with Crippen LogP contribution in [-0.4, -0.2) is 16.5 Å². The number of hydrogen-bond acceptors (Lipinski definition) is 3. The molecule has 2 N–H and O–H groups in total. The lowest BCUT2D eigenvalue weighted by Crippen LogP contribution is -2.23. The van der Waals surface area contributed by atoms with Crippen LogP contribution in [0.2, 0.25) is 0 Å². The zero-order chi connectivity index (χ0) is 15.6. The van der Waals surface area contributed by atoms with Gasteiger partial charge in [-0.1, -0.05) is 22.9 Å². The fourth-order valence-electron chi connectivity index (χ4n) is 2.44. The molecule has 1 heterocycles. The molecule has 0 saturated heterocycles. The number of hydrogen-bond donors (Lipinski definition) is 1. The van der Waals surface area contributed by atoms with Gasteiger partial charge in [0.1, 0.15) is 5.69 Å². The molecular weight excluding hydrogens is 334 g/mol. The van der Waals surface area contributed by atoms with Crippen molar-refractivity contribution in [1.29, 1.82) is 0 Å². The molecule has 0 amide bonds. The first-order valence-corrected chi connectivity index (χ1v) is 7.66. The molecule has 1 aromatic carbocycles. The van der Waals surface area contributed by atoms with Crippen molar-refractivity contribution in [3.05, 3.63) is 44.3 Å². The van der Waals surface area contributed by atoms with Crippen LogP contribution < -0.4 is 11.3 Å².